The molecule has 0 saturated carbocycles. The molecule has 0 saturated heterocycles. The van der Waals surface area contributed by atoms with Gasteiger partial charge in [-0.05, 0) is 23.3 Å². The molecule has 0 radical (unpaired) electrons. The minimum atomic E-state index is -0.924. The summed E-state index contributed by atoms with van der Waals surface area (Å²) >= 11 is 2.39. The van der Waals surface area contributed by atoms with Gasteiger partial charge in [0, 0.05) is 23.4 Å². The lowest BCUT2D eigenvalue weighted by Crippen LogP contribution is -1.96. The maximum Gasteiger partial charge on any atom is 0.153 e. The summed E-state index contributed by atoms with van der Waals surface area (Å²) in [6, 6.07) is 7.54. The monoisotopic (exact) mass is 270 g/mol. The van der Waals surface area contributed by atoms with Gasteiger partial charge >= 0.3 is 0 Å². The first-order valence-corrected chi connectivity index (χ1v) is 6.90. The van der Waals surface area contributed by atoms with Crippen molar-refractivity contribution in [2.75, 3.05) is 11.6 Å². The average molecular weight is 271 g/mol. The third kappa shape index (κ3) is 3.75. The minimum Gasteiger partial charge on any atom is -0.612 e. The molecule has 0 aliphatic heterocycles. The third-order valence-corrected chi connectivity index (χ3v) is 2.93. The molecule has 3 heteroatoms. The maximum atomic E-state index is 11.2. The molecule has 1 rings (SSSR count). The lowest BCUT2D eigenvalue weighted by molar-refractivity contribution is 0.601. The molecule has 0 aliphatic carbocycles. The van der Waals surface area contributed by atoms with Crippen LogP contribution in [-0.4, -0.2) is 16.1 Å². The molecule has 1 aromatic rings. The molecule has 14 heavy (non-hydrogen) atoms. The van der Waals surface area contributed by atoms with Crippen molar-refractivity contribution in [1.82, 2.24) is 0 Å². The van der Waals surface area contributed by atoms with Gasteiger partial charge in [0.1, 0.15) is 6.26 Å². The van der Waals surface area contributed by atoms with E-state index in [-0.39, 0.29) is 0 Å². The van der Waals surface area contributed by atoms with Crippen LogP contribution in [0.5, 0.6) is 0 Å². The molecule has 74 valence electrons. The van der Waals surface area contributed by atoms with Crippen LogP contribution in [0.1, 0.15) is 12.0 Å². The molecule has 0 amide bonds. The highest BCUT2D eigenvalue weighted by Crippen LogP contribution is 2.10. The van der Waals surface area contributed by atoms with Crippen LogP contribution in [0.2, 0.25) is 0 Å². The van der Waals surface area contributed by atoms with Gasteiger partial charge in [0.25, 0.3) is 0 Å². The van der Waals surface area contributed by atoms with Crippen LogP contribution in [0.3, 0.4) is 0 Å². The fraction of sp³-hybridized carbons (Fsp3) is 0.273. The molecule has 1 aromatic carbocycles. The van der Waals surface area contributed by atoms with E-state index in [2.05, 4.69) is 27.8 Å². The quantitative estimate of drug-likeness (QED) is 0.460. The number of hydrogen-bond donors (Lipinski definition) is 0. The third-order valence-electron chi connectivity index (χ3n) is 1.62. The van der Waals surface area contributed by atoms with Crippen LogP contribution in [-0.2, 0) is 11.2 Å². The fourth-order valence-electron chi connectivity index (χ4n) is 0.964. The van der Waals surface area contributed by atoms with Crippen molar-refractivity contribution in [1.29, 1.82) is 0 Å². The number of benzene rings is 1. The van der Waals surface area contributed by atoms with E-state index < -0.39 is 11.2 Å². The molecule has 0 aliphatic rings. The van der Waals surface area contributed by atoms with E-state index in [1.54, 1.807) is 6.26 Å². The van der Waals surface area contributed by atoms with Gasteiger partial charge in [0.05, 0.1) is 0 Å². The molecular formula is C11H11BrOS. The molecular weight excluding hydrogens is 260 g/mol. The second kappa shape index (κ2) is 6.13. The Bertz CT molecular complexity index is 352. The van der Waals surface area contributed by atoms with Gasteiger partial charge in [0.2, 0.25) is 0 Å². The average Bonchev–Trinajstić information content (AvgIpc) is 2.19. The first-order chi connectivity index (χ1) is 6.74. The first kappa shape index (κ1) is 11.6. The van der Waals surface area contributed by atoms with E-state index >= 15 is 0 Å². The fourth-order valence-corrected chi connectivity index (χ4v) is 1.73. The summed E-state index contributed by atoms with van der Waals surface area (Å²) < 4.78 is 11.2. The van der Waals surface area contributed by atoms with Crippen LogP contribution in [0, 0.1) is 11.8 Å². The van der Waals surface area contributed by atoms with Crippen molar-refractivity contribution in [3.05, 3.63) is 29.8 Å². The van der Waals surface area contributed by atoms with E-state index in [1.165, 1.54) is 0 Å². The largest absolute Gasteiger partial charge is 0.612 e. The molecule has 1 nitrogen and oxygen atoms in total. The normalized spacial score (nSPS) is 11.6. The molecule has 0 N–H and O–H groups in total. The lowest BCUT2D eigenvalue weighted by Gasteiger charge is -2.03. The van der Waals surface area contributed by atoms with E-state index in [4.69, 9.17) is 0 Å². The summed E-state index contributed by atoms with van der Waals surface area (Å²) in [5, 5.41) is 0.888. The number of rotatable bonds is 2. The van der Waals surface area contributed by atoms with Gasteiger partial charge < -0.3 is 4.55 Å². The second-order valence-electron chi connectivity index (χ2n) is 2.72. The highest BCUT2D eigenvalue weighted by molar-refractivity contribution is 9.09. The standard InChI is InChI=1S/C11H11BrOS/c1-14(13)11-7-4-6-10(9-11)5-2-3-8-12/h4,6-7,9H,3,8H2,1H3. The summed E-state index contributed by atoms with van der Waals surface area (Å²) in [6.45, 7) is 0. The smallest absolute Gasteiger partial charge is 0.153 e. The highest BCUT2D eigenvalue weighted by atomic mass is 79.9. The molecule has 0 heterocycles. The van der Waals surface area contributed by atoms with E-state index in [0.717, 1.165) is 22.2 Å². The number of alkyl halides is 1. The van der Waals surface area contributed by atoms with Crippen LogP contribution in [0.4, 0.5) is 0 Å². The van der Waals surface area contributed by atoms with Gasteiger partial charge in [-0.15, -0.1) is 0 Å². The summed E-state index contributed by atoms with van der Waals surface area (Å²) in [5.74, 6) is 6.05. The van der Waals surface area contributed by atoms with Gasteiger partial charge in [0.15, 0.2) is 4.90 Å². The summed E-state index contributed by atoms with van der Waals surface area (Å²) in [6.07, 6.45) is 2.50. The summed E-state index contributed by atoms with van der Waals surface area (Å²) in [7, 11) is 0. The van der Waals surface area contributed by atoms with Crippen LogP contribution >= 0.6 is 15.9 Å². The van der Waals surface area contributed by atoms with Crippen LogP contribution < -0.4 is 0 Å². The Balaban J connectivity index is 2.80. The molecule has 1 unspecified atom stereocenters. The van der Waals surface area contributed by atoms with Crippen molar-refractivity contribution in [3.63, 3.8) is 0 Å². The predicted molar refractivity (Wildman–Crippen MR) is 64.1 cm³/mol. The molecule has 0 bridgehead atoms. The number of hydrogen-bond acceptors (Lipinski definition) is 1. The van der Waals surface area contributed by atoms with Crippen molar-refractivity contribution in [3.8, 4) is 11.8 Å². The van der Waals surface area contributed by atoms with Crippen molar-refractivity contribution < 1.29 is 4.55 Å². The van der Waals surface area contributed by atoms with Crippen LogP contribution in [0.25, 0.3) is 0 Å². The highest BCUT2D eigenvalue weighted by Gasteiger charge is 2.02. The number of halogens is 1. The van der Waals surface area contributed by atoms with Crippen molar-refractivity contribution >= 4 is 27.1 Å². The molecule has 0 spiro atoms. The zero-order valence-corrected chi connectivity index (χ0v) is 10.3. The Hall–Kier alpha value is -0.430. The maximum absolute atomic E-state index is 11.2. The Morgan fingerprint density at radius 1 is 1.50 bits per heavy atom. The molecule has 0 fully saturated rings. The van der Waals surface area contributed by atoms with Crippen molar-refractivity contribution in [2.24, 2.45) is 0 Å². The predicted octanol–water partition coefficient (Wildman–Crippen LogP) is 2.56. The van der Waals surface area contributed by atoms with Gasteiger partial charge in [-0.3, -0.25) is 0 Å². The SMILES string of the molecule is C[S+]([O-])c1cccc(C#CCCBr)c1. The molecule has 1 atom stereocenters. The van der Waals surface area contributed by atoms with E-state index in [0.29, 0.717) is 0 Å². The van der Waals surface area contributed by atoms with Crippen LogP contribution in [0.15, 0.2) is 29.2 Å². The van der Waals surface area contributed by atoms with E-state index in [1.807, 2.05) is 24.3 Å². The Morgan fingerprint density at radius 2 is 2.29 bits per heavy atom. The minimum absolute atomic E-state index is 0.829. The summed E-state index contributed by atoms with van der Waals surface area (Å²) in [4.78, 5) is 0.829. The summed E-state index contributed by atoms with van der Waals surface area (Å²) in [5.41, 5.74) is 0.929. The van der Waals surface area contributed by atoms with Gasteiger partial charge in [-0.25, -0.2) is 0 Å². The Labute approximate surface area is 96.2 Å². The second-order valence-corrected chi connectivity index (χ2v) is 4.90. The van der Waals surface area contributed by atoms with E-state index in [9.17, 15) is 4.55 Å². The Kier molecular flexibility index (Phi) is 5.10. The molecule has 0 aromatic heterocycles. The lowest BCUT2D eigenvalue weighted by atomic mass is 10.2. The van der Waals surface area contributed by atoms with Crippen molar-refractivity contribution in [2.45, 2.75) is 11.3 Å². The topological polar surface area (TPSA) is 23.1 Å². The first-order valence-electron chi connectivity index (χ1n) is 4.22. The zero-order valence-electron chi connectivity index (χ0n) is 7.92. The van der Waals surface area contributed by atoms with Gasteiger partial charge in [-0.1, -0.05) is 33.8 Å². The zero-order chi connectivity index (χ0) is 10.4. The Morgan fingerprint density at radius 3 is 2.93 bits per heavy atom. The van der Waals surface area contributed by atoms with Gasteiger partial charge in [-0.2, -0.15) is 0 Å².